The highest BCUT2D eigenvalue weighted by Gasteiger charge is 2.23. The molecule has 1 N–H and O–H groups in total. The van der Waals surface area contributed by atoms with Crippen LogP contribution in [0.15, 0.2) is 65.3 Å². The molecule has 0 radical (unpaired) electrons. The Bertz CT molecular complexity index is 1030. The van der Waals surface area contributed by atoms with E-state index in [9.17, 15) is 9.59 Å². The van der Waals surface area contributed by atoms with Crippen LogP contribution < -0.4 is 10.2 Å². The highest BCUT2D eigenvalue weighted by atomic mass is 16.3. The van der Waals surface area contributed by atoms with E-state index in [1.54, 1.807) is 12.1 Å². The topological polar surface area (TPSA) is 65.8 Å². The predicted molar refractivity (Wildman–Crippen MR) is 117 cm³/mol. The second-order valence-electron chi connectivity index (χ2n) is 7.58. The molecule has 1 aliphatic heterocycles. The van der Waals surface area contributed by atoms with Crippen molar-refractivity contribution >= 4 is 23.2 Å². The van der Waals surface area contributed by atoms with Gasteiger partial charge in [-0.05, 0) is 61.9 Å². The average molecular weight is 403 g/mol. The summed E-state index contributed by atoms with van der Waals surface area (Å²) >= 11 is 0. The van der Waals surface area contributed by atoms with E-state index in [0.29, 0.717) is 24.4 Å². The Labute approximate surface area is 176 Å². The zero-order chi connectivity index (χ0) is 21.1. The number of furan rings is 1. The molecule has 6 heteroatoms. The molecule has 1 saturated heterocycles. The van der Waals surface area contributed by atoms with E-state index in [-0.39, 0.29) is 11.8 Å². The molecule has 0 aliphatic carbocycles. The van der Waals surface area contributed by atoms with Crippen molar-refractivity contribution in [1.82, 2.24) is 4.90 Å². The van der Waals surface area contributed by atoms with Gasteiger partial charge in [0.25, 0.3) is 11.8 Å². The van der Waals surface area contributed by atoms with Gasteiger partial charge in [0, 0.05) is 43.1 Å². The molecule has 154 valence electrons. The number of hydrogen-bond donors (Lipinski definition) is 1. The number of hydrogen-bond acceptors (Lipinski definition) is 4. The lowest BCUT2D eigenvalue weighted by Crippen LogP contribution is -2.48. The van der Waals surface area contributed by atoms with Crippen molar-refractivity contribution in [3.63, 3.8) is 0 Å². The molecular formula is C24H25N3O3. The summed E-state index contributed by atoms with van der Waals surface area (Å²) in [5, 5.41) is 2.97. The van der Waals surface area contributed by atoms with Crippen molar-refractivity contribution in [2.45, 2.75) is 13.8 Å². The van der Waals surface area contributed by atoms with Crippen LogP contribution in [0.1, 0.15) is 32.0 Å². The highest BCUT2D eigenvalue weighted by molar-refractivity contribution is 6.05. The molecule has 0 bridgehead atoms. The van der Waals surface area contributed by atoms with E-state index in [1.807, 2.05) is 61.2 Å². The Balaban J connectivity index is 1.35. The quantitative estimate of drug-likeness (QED) is 0.712. The fourth-order valence-electron chi connectivity index (χ4n) is 3.75. The van der Waals surface area contributed by atoms with Gasteiger partial charge in [-0.15, -0.1) is 0 Å². The molecule has 0 unspecified atom stereocenters. The molecule has 0 spiro atoms. The maximum Gasteiger partial charge on any atom is 0.289 e. The maximum absolute atomic E-state index is 12.6. The van der Waals surface area contributed by atoms with Gasteiger partial charge in [-0.25, -0.2) is 0 Å². The van der Waals surface area contributed by atoms with E-state index in [1.165, 1.54) is 6.26 Å². The van der Waals surface area contributed by atoms with Crippen molar-refractivity contribution in [1.29, 1.82) is 0 Å². The summed E-state index contributed by atoms with van der Waals surface area (Å²) in [4.78, 5) is 29.0. The van der Waals surface area contributed by atoms with Crippen LogP contribution in [-0.2, 0) is 0 Å². The normalized spacial score (nSPS) is 13.9. The van der Waals surface area contributed by atoms with Crippen molar-refractivity contribution in [3.8, 4) is 0 Å². The van der Waals surface area contributed by atoms with E-state index >= 15 is 0 Å². The lowest BCUT2D eigenvalue weighted by molar-refractivity contribution is 0.0714. The van der Waals surface area contributed by atoms with Crippen LogP contribution in [0, 0.1) is 13.8 Å². The molecule has 0 atom stereocenters. The van der Waals surface area contributed by atoms with Gasteiger partial charge in [0.1, 0.15) is 0 Å². The molecule has 1 aromatic heterocycles. The van der Waals surface area contributed by atoms with Crippen LogP contribution in [0.3, 0.4) is 0 Å². The monoisotopic (exact) mass is 403 g/mol. The second-order valence-corrected chi connectivity index (χ2v) is 7.58. The third kappa shape index (κ3) is 4.22. The Morgan fingerprint density at radius 1 is 0.933 bits per heavy atom. The number of rotatable bonds is 4. The third-order valence-corrected chi connectivity index (χ3v) is 5.42. The summed E-state index contributed by atoms with van der Waals surface area (Å²) in [6, 6.07) is 17.1. The third-order valence-electron chi connectivity index (χ3n) is 5.42. The first-order valence-electron chi connectivity index (χ1n) is 10.1. The summed E-state index contributed by atoms with van der Waals surface area (Å²) in [5.74, 6) is 0.210. The maximum atomic E-state index is 12.6. The highest BCUT2D eigenvalue weighted by Crippen LogP contribution is 2.21. The minimum atomic E-state index is -0.106. The number of nitrogens with one attached hydrogen (secondary N) is 1. The first kappa shape index (κ1) is 19.8. The van der Waals surface area contributed by atoms with E-state index in [2.05, 4.69) is 10.2 Å². The molecule has 6 nitrogen and oxygen atoms in total. The number of carbonyl (C=O) groups excluding carboxylic acids is 2. The van der Waals surface area contributed by atoms with Gasteiger partial charge in [0.2, 0.25) is 0 Å². The van der Waals surface area contributed by atoms with Gasteiger partial charge in [0.15, 0.2) is 5.76 Å². The van der Waals surface area contributed by atoms with Crippen molar-refractivity contribution in [2.75, 3.05) is 36.4 Å². The molecule has 1 aliphatic rings. The van der Waals surface area contributed by atoms with Gasteiger partial charge in [-0.2, -0.15) is 0 Å². The minimum absolute atomic E-state index is 0.0656. The summed E-state index contributed by atoms with van der Waals surface area (Å²) in [7, 11) is 0. The summed E-state index contributed by atoms with van der Waals surface area (Å²) < 4.78 is 5.21. The largest absolute Gasteiger partial charge is 0.459 e. The minimum Gasteiger partial charge on any atom is -0.459 e. The van der Waals surface area contributed by atoms with Crippen LogP contribution in [0.5, 0.6) is 0 Å². The fourth-order valence-corrected chi connectivity index (χ4v) is 3.75. The number of aryl methyl sites for hydroxylation is 2. The van der Waals surface area contributed by atoms with E-state index in [0.717, 1.165) is 35.6 Å². The fraction of sp³-hybridized carbons (Fsp3) is 0.250. The zero-order valence-corrected chi connectivity index (χ0v) is 17.2. The molecule has 4 rings (SSSR count). The molecule has 30 heavy (non-hydrogen) atoms. The SMILES string of the molecule is Cc1ccc(C(=O)Nc2ccc(N3CCN(C(=O)c4ccco4)CC3)cc2)c(C)c1. The molecule has 1 fully saturated rings. The predicted octanol–water partition coefficient (Wildman–Crippen LogP) is 4.11. The van der Waals surface area contributed by atoms with Crippen LogP contribution in [-0.4, -0.2) is 42.9 Å². The standard InChI is InChI=1S/C24H25N3O3/c1-17-5-10-21(18(2)16-17)23(28)25-19-6-8-20(9-7-19)26-11-13-27(14-12-26)24(29)22-4-3-15-30-22/h3-10,15-16H,11-14H2,1-2H3,(H,25,28). The van der Waals surface area contributed by atoms with Crippen LogP contribution in [0.4, 0.5) is 11.4 Å². The first-order valence-corrected chi connectivity index (χ1v) is 10.1. The van der Waals surface area contributed by atoms with Crippen molar-refractivity contribution in [3.05, 3.63) is 83.3 Å². The Hall–Kier alpha value is -3.54. The summed E-state index contributed by atoms with van der Waals surface area (Å²) in [6.07, 6.45) is 1.52. The molecule has 2 aromatic carbocycles. The van der Waals surface area contributed by atoms with Crippen molar-refractivity contribution in [2.24, 2.45) is 0 Å². The lowest BCUT2D eigenvalue weighted by atomic mass is 10.1. The number of amides is 2. The first-order chi connectivity index (χ1) is 14.5. The van der Waals surface area contributed by atoms with Gasteiger partial charge in [0.05, 0.1) is 6.26 Å². The Morgan fingerprint density at radius 2 is 1.67 bits per heavy atom. The number of piperazine rings is 1. The smallest absolute Gasteiger partial charge is 0.289 e. The lowest BCUT2D eigenvalue weighted by Gasteiger charge is -2.35. The Morgan fingerprint density at radius 3 is 2.30 bits per heavy atom. The van der Waals surface area contributed by atoms with Crippen LogP contribution in [0.25, 0.3) is 0 Å². The van der Waals surface area contributed by atoms with Gasteiger partial charge < -0.3 is 19.5 Å². The Kier molecular flexibility index (Phi) is 5.57. The number of nitrogens with zero attached hydrogens (tertiary/aromatic N) is 2. The zero-order valence-electron chi connectivity index (χ0n) is 17.2. The van der Waals surface area contributed by atoms with Gasteiger partial charge in [-0.1, -0.05) is 17.7 Å². The molecular weight excluding hydrogens is 378 g/mol. The van der Waals surface area contributed by atoms with Gasteiger partial charge in [-0.3, -0.25) is 9.59 Å². The van der Waals surface area contributed by atoms with E-state index < -0.39 is 0 Å². The molecule has 3 aromatic rings. The second kappa shape index (κ2) is 8.45. The van der Waals surface area contributed by atoms with Gasteiger partial charge >= 0.3 is 0 Å². The van der Waals surface area contributed by atoms with Crippen molar-refractivity contribution < 1.29 is 14.0 Å². The summed E-state index contributed by atoms with van der Waals surface area (Å²) in [6.45, 7) is 6.75. The molecule has 0 saturated carbocycles. The van der Waals surface area contributed by atoms with Crippen LogP contribution in [0.2, 0.25) is 0 Å². The summed E-state index contributed by atoms with van der Waals surface area (Å²) in [5.41, 5.74) is 4.62. The number of carbonyl (C=O) groups is 2. The number of benzene rings is 2. The van der Waals surface area contributed by atoms with E-state index in [4.69, 9.17) is 4.42 Å². The average Bonchev–Trinajstić information content (AvgIpc) is 3.29. The van der Waals surface area contributed by atoms with Crippen LogP contribution >= 0.6 is 0 Å². The molecule has 2 heterocycles. The number of anilines is 2. The molecule has 2 amide bonds.